The first-order valence-electron chi connectivity index (χ1n) is 11.2. The molecular formula is C23H37N7. The summed E-state index contributed by atoms with van der Waals surface area (Å²) in [6.45, 7) is 9.59. The Kier molecular flexibility index (Phi) is 7.85. The van der Waals surface area contributed by atoms with Gasteiger partial charge in [-0.15, -0.1) is 0 Å². The number of rotatable bonds is 8. The summed E-state index contributed by atoms with van der Waals surface area (Å²) in [6, 6.07) is 11.0. The van der Waals surface area contributed by atoms with Crippen molar-refractivity contribution in [1.82, 2.24) is 30.7 Å². The lowest BCUT2D eigenvalue weighted by Gasteiger charge is -2.39. The lowest BCUT2D eigenvalue weighted by Crippen LogP contribution is -2.56. The predicted molar refractivity (Wildman–Crippen MR) is 123 cm³/mol. The number of benzene rings is 1. The lowest BCUT2D eigenvalue weighted by atomic mass is 9.90. The Morgan fingerprint density at radius 2 is 1.93 bits per heavy atom. The average Bonchev–Trinajstić information content (AvgIpc) is 3.34. The van der Waals surface area contributed by atoms with E-state index in [-0.39, 0.29) is 5.54 Å². The van der Waals surface area contributed by atoms with Crippen LogP contribution >= 0.6 is 0 Å². The summed E-state index contributed by atoms with van der Waals surface area (Å²) >= 11 is 0. The molecule has 3 N–H and O–H groups in total. The van der Waals surface area contributed by atoms with Crippen molar-refractivity contribution >= 4 is 5.96 Å². The molecule has 30 heavy (non-hydrogen) atoms. The zero-order chi connectivity index (χ0) is 21.4. The zero-order valence-corrected chi connectivity index (χ0v) is 18.9. The van der Waals surface area contributed by atoms with Crippen molar-refractivity contribution in [3.63, 3.8) is 0 Å². The van der Waals surface area contributed by atoms with Gasteiger partial charge in [-0.2, -0.15) is 5.10 Å². The van der Waals surface area contributed by atoms with Crippen LogP contribution in [0.25, 0.3) is 0 Å². The van der Waals surface area contributed by atoms with Gasteiger partial charge in [0.1, 0.15) is 12.2 Å². The Bertz CT molecular complexity index is 760. The predicted octanol–water partition coefficient (Wildman–Crippen LogP) is 3.47. The van der Waals surface area contributed by atoms with Crippen LogP contribution in [0.3, 0.4) is 0 Å². The van der Waals surface area contributed by atoms with E-state index < -0.39 is 0 Å². The third kappa shape index (κ3) is 5.39. The molecule has 3 rings (SSSR count). The van der Waals surface area contributed by atoms with Gasteiger partial charge in [0.05, 0.1) is 0 Å². The summed E-state index contributed by atoms with van der Waals surface area (Å²) in [5.74, 6) is 2.46. The molecule has 2 heterocycles. The van der Waals surface area contributed by atoms with E-state index in [1.165, 1.54) is 5.56 Å². The second-order valence-electron chi connectivity index (χ2n) is 8.30. The molecule has 0 saturated carbocycles. The van der Waals surface area contributed by atoms with Crippen LogP contribution in [-0.4, -0.2) is 58.3 Å². The molecule has 0 amide bonds. The van der Waals surface area contributed by atoms with Gasteiger partial charge in [-0.3, -0.25) is 10.1 Å². The molecule has 1 unspecified atom stereocenters. The second-order valence-corrected chi connectivity index (χ2v) is 8.30. The Balaban J connectivity index is 1.57. The van der Waals surface area contributed by atoms with Gasteiger partial charge in [0.2, 0.25) is 0 Å². The number of aromatic nitrogens is 3. The summed E-state index contributed by atoms with van der Waals surface area (Å²) in [5, 5.41) is 14.6. The van der Waals surface area contributed by atoms with Crippen molar-refractivity contribution in [2.45, 2.75) is 64.0 Å². The molecule has 2 aromatic rings. The second kappa shape index (κ2) is 10.6. The topological polar surface area (TPSA) is 81.2 Å². The zero-order valence-electron chi connectivity index (χ0n) is 18.9. The number of nitrogens with zero attached hydrogens (tertiary/aromatic N) is 4. The summed E-state index contributed by atoms with van der Waals surface area (Å²) in [7, 11) is 1.88. The monoisotopic (exact) mass is 411 g/mol. The van der Waals surface area contributed by atoms with Crippen molar-refractivity contribution < 1.29 is 0 Å². The van der Waals surface area contributed by atoms with Gasteiger partial charge in [-0.05, 0) is 38.2 Å². The third-order valence-electron chi connectivity index (χ3n) is 6.59. The molecule has 0 bridgehead atoms. The molecule has 1 fully saturated rings. The highest BCUT2D eigenvalue weighted by atomic mass is 15.3. The molecular weight excluding hydrogens is 374 g/mol. The highest BCUT2D eigenvalue weighted by Crippen LogP contribution is 2.25. The number of nitrogens with one attached hydrogen (secondary N) is 3. The maximum absolute atomic E-state index is 4.58. The first-order chi connectivity index (χ1) is 14.6. The maximum Gasteiger partial charge on any atom is 0.193 e. The molecule has 0 radical (unpaired) electrons. The number of guanidine groups is 1. The Labute approximate surface area is 180 Å². The molecule has 7 nitrogen and oxygen atoms in total. The van der Waals surface area contributed by atoms with Crippen molar-refractivity contribution in [2.75, 3.05) is 26.7 Å². The van der Waals surface area contributed by atoms with E-state index in [4.69, 9.17) is 0 Å². The smallest absolute Gasteiger partial charge is 0.193 e. The summed E-state index contributed by atoms with van der Waals surface area (Å²) < 4.78 is 0. The molecule has 1 aliphatic heterocycles. The summed E-state index contributed by atoms with van der Waals surface area (Å²) in [5.41, 5.74) is 1.34. The van der Waals surface area contributed by atoms with Gasteiger partial charge in [0.15, 0.2) is 5.96 Å². The molecule has 164 valence electrons. The van der Waals surface area contributed by atoms with Crippen LogP contribution in [0, 0.1) is 0 Å². The molecule has 1 saturated heterocycles. The number of hydrogen-bond acceptors (Lipinski definition) is 4. The summed E-state index contributed by atoms with van der Waals surface area (Å²) in [4.78, 5) is 11.3. The van der Waals surface area contributed by atoms with Gasteiger partial charge in [-0.25, -0.2) is 4.98 Å². The van der Waals surface area contributed by atoms with Gasteiger partial charge in [0.25, 0.3) is 0 Å². The van der Waals surface area contributed by atoms with Crippen LogP contribution in [0.15, 0.2) is 41.7 Å². The number of likely N-dealkylation sites (tertiary alicyclic amines) is 1. The normalized spacial score (nSPS) is 17.2. The lowest BCUT2D eigenvalue weighted by molar-refractivity contribution is 0.259. The molecule has 1 aromatic heterocycles. The Morgan fingerprint density at radius 3 is 2.50 bits per heavy atom. The van der Waals surface area contributed by atoms with E-state index in [0.717, 1.165) is 57.1 Å². The van der Waals surface area contributed by atoms with Gasteiger partial charge >= 0.3 is 0 Å². The number of aromatic amines is 1. The number of H-pyrrole nitrogens is 1. The van der Waals surface area contributed by atoms with Crippen LogP contribution in [0.2, 0.25) is 0 Å². The van der Waals surface area contributed by atoms with Gasteiger partial charge < -0.3 is 15.5 Å². The van der Waals surface area contributed by atoms with Crippen LogP contribution in [0.4, 0.5) is 0 Å². The largest absolute Gasteiger partial charge is 0.354 e. The number of piperidine rings is 1. The van der Waals surface area contributed by atoms with E-state index in [1.54, 1.807) is 6.33 Å². The fourth-order valence-corrected chi connectivity index (χ4v) is 4.40. The van der Waals surface area contributed by atoms with E-state index >= 15 is 0 Å². The molecule has 7 heteroatoms. The first-order valence-corrected chi connectivity index (χ1v) is 11.2. The molecule has 1 aliphatic rings. The minimum Gasteiger partial charge on any atom is -0.354 e. The van der Waals surface area contributed by atoms with E-state index in [9.17, 15) is 0 Å². The standard InChI is InChI=1S/C23H37N7/c1-5-23(6-2,28-18(3)19-10-8-7-9-11-19)16-25-22(24-4)30-14-12-20(13-15-30)21-26-17-27-29-21/h7-11,17-18,20,28H,5-6,12-16H2,1-4H3,(H,24,25)(H,26,27,29). The fourth-order valence-electron chi connectivity index (χ4n) is 4.40. The highest BCUT2D eigenvalue weighted by Gasteiger charge is 2.30. The van der Waals surface area contributed by atoms with E-state index in [1.807, 2.05) is 7.05 Å². The molecule has 1 aromatic carbocycles. The van der Waals surface area contributed by atoms with E-state index in [0.29, 0.717) is 12.0 Å². The average molecular weight is 412 g/mol. The summed E-state index contributed by atoms with van der Waals surface area (Å²) in [6.07, 6.45) is 5.83. The van der Waals surface area contributed by atoms with Crippen LogP contribution < -0.4 is 10.6 Å². The SMILES string of the molecule is CCC(CC)(CNC(=NC)N1CCC(c2ncn[nH]2)CC1)NC(C)c1ccccc1. The molecule has 1 atom stereocenters. The Morgan fingerprint density at radius 1 is 1.23 bits per heavy atom. The van der Waals surface area contributed by atoms with E-state index in [2.05, 4.69) is 86.8 Å². The highest BCUT2D eigenvalue weighted by molar-refractivity contribution is 5.80. The van der Waals surface area contributed by atoms with Gasteiger partial charge in [-0.1, -0.05) is 44.2 Å². The number of hydrogen-bond donors (Lipinski definition) is 3. The minimum absolute atomic E-state index is 0.0172. The quantitative estimate of drug-likeness (QED) is 0.458. The number of aliphatic imine (C=N–C) groups is 1. The third-order valence-corrected chi connectivity index (χ3v) is 6.59. The van der Waals surface area contributed by atoms with Crippen LogP contribution in [-0.2, 0) is 0 Å². The van der Waals surface area contributed by atoms with Crippen molar-refractivity contribution in [2.24, 2.45) is 4.99 Å². The molecule has 0 spiro atoms. The minimum atomic E-state index is 0.0172. The fraction of sp³-hybridized carbons (Fsp3) is 0.609. The van der Waals surface area contributed by atoms with Crippen molar-refractivity contribution in [3.05, 3.63) is 48.0 Å². The van der Waals surface area contributed by atoms with Crippen molar-refractivity contribution in [1.29, 1.82) is 0 Å². The Hall–Kier alpha value is -2.41. The van der Waals surface area contributed by atoms with Crippen molar-refractivity contribution in [3.8, 4) is 0 Å². The van der Waals surface area contributed by atoms with Gasteiger partial charge in [0, 0.05) is 44.2 Å². The van der Waals surface area contributed by atoms with Crippen LogP contribution in [0.5, 0.6) is 0 Å². The maximum atomic E-state index is 4.58. The first kappa shape index (κ1) is 22.3. The molecule has 0 aliphatic carbocycles. The van der Waals surface area contributed by atoms with Crippen LogP contribution in [0.1, 0.15) is 69.8 Å².